The molecule has 4 heteroatoms. The number of rotatable bonds is 9. The van der Waals surface area contributed by atoms with Gasteiger partial charge in [-0.05, 0) is 13.0 Å². The maximum absolute atomic E-state index is 5.50. The molecule has 1 aromatic rings. The van der Waals surface area contributed by atoms with E-state index in [0.717, 1.165) is 45.0 Å². The number of imidazole rings is 1. The van der Waals surface area contributed by atoms with Gasteiger partial charge in [-0.2, -0.15) is 0 Å². The molecule has 1 aromatic heterocycles. The Kier molecular flexibility index (Phi) is 6.85. The number of unbranched alkanes of at least 4 members (excludes halogenated alkanes) is 1. The zero-order chi connectivity index (χ0) is 11.6. The highest BCUT2D eigenvalue weighted by atomic mass is 16.5. The molecule has 0 saturated carbocycles. The second-order valence-corrected chi connectivity index (χ2v) is 3.85. The number of nitrogens with zero attached hydrogens (tertiary/aromatic N) is 2. The monoisotopic (exact) mass is 225 g/mol. The lowest BCUT2D eigenvalue weighted by Gasteiger charge is -2.03. The summed E-state index contributed by atoms with van der Waals surface area (Å²) in [6.45, 7) is 8.63. The van der Waals surface area contributed by atoms with Crippen LogP contribution >= 0.6 is 0 Å². The summed E-state index contributed by atoms with van der Waals surface area (Å²) >= 11 is 0. The fourth-order valence-corrected chi connectivity index (χ4v) is 1.39. The molecule has 0 spiro atoms. The molecule has 0 fully saturated rings. The standard InChI is InChI=1S/C12H23N3O/c1-3-5-7-16-8-6-15-10-12(14-11-15)9-13-4-2/h10-11,13H,3-9H2,1-2H3. The van der Waals surface area contributed by atoms with Gasteiger partial charge in [0.1, 0.15) is 0 Å². The van der Waals surface area contributed by atoms with Gasteiger partial charge >= 0.3 is 0 Å². The van der Waals surface area contributed by atoms with Crippen LogP contribution < -0.4 is 5.32 Å². The minimum absolute atomic E-state index is 0.775. The predicted octanol–water partition coefficient (Wildman–Crippen LogP) is 1.81. The molecule has 0 atom stereocenters. The van der Waals surface area contributed by atoms with Crippen LogP contribution in [0.15, 0.2) is 12.5 Å². The third-order valence-corrected chi connectivity index (χ3v) is 2.38. The van der Waals surface area contributed by atoms with Gasteiger partial charge in [-0.1, -0.05) is 20.3 Å². The molecule has 1 N–H and O–H groups in total. The van der Waals surface area contributed by atoms with E-state index in [1.807, 2.05) is 6.33 Å². The Balaban J connectivity index is 2.14. The molecule has 0 bridgehead atoms. The SMILES string of the molecule is CCCCOCCn1cnc(CNCC)c1. The lowest BCUT2D eigenvalue weighted by Crippen LogP contribution is -2.12. The van der Waals surface area contributed by atoms with Crippen LogP contribution in [0.4, 0.5) is 0 Å². The van der Waals surface area contributed by atoms with Crippen LogP contribution in [0.5, 0.6) is 0 Å². The third-order valence-electron chi connectivity index (χ3n) is 2.38. The minimum atomic E-state index is 0.775. The van der Waals surface area contributed by atoms with E-state index in [9.17, 15) is 0 Å². The topological polar surface area (TPSA) is 39.1 Å². The van der Waals surface area contributed by atoms with E-state index in [-0.39, 0.29) is 0 Å². The third kappa shape index (κ3) is 5.28. The average Bonchev–Trinajstić information content (AvgIpc) is 2.74. The molecule has 0 unspecified atom stereocenters. The molecule has 0 saturated heterocycles. The second-order valence-electron chi connectivity index (χ2n) is 3.85. The second kappa shape index (κ2) is 8.30. The fourth-order valence-electron chi connectivity index (χ4n) is 1.39. The molecular weight excluding hydrogens is 202 g/mol. The van der Waals surface area contributed by atoms with Crippen LogP contribution in [-0.2, 0) is 17.8 Å². The van der Waals surface area contributed by atoms with Crippen molar-refractivity contribution >= 4 is 0 Å². The van der Waals surface area contributed by atoms with E-state index in [4.69, 9.17) is 4.74 Å². The number of hydrogen-bond acceptors (Lipinski definition) is 3. The van der Waals surface area contributed by atoms with Gasteiger partial charge in [0, 0.05) is 25.9 Å². The summed E-state index contributed by atoms with van der Waals surface area (Å²) in [7, 11) is 0. The Bertz CT molecular complexity index is 273. The van der Waals surface area contributed by atoms with Gasteiger partial charge in [0.2, 0.25) is 0 Å². The molecule has 0 amide bonds. The van der Waals surface area contributed by atoms with Crippen LogP contribution in [0.3, 0.4) is 0 Å². The normalized spacial score (nSPS) is 10.9. The van der Waals surface area contributed by atoms with Crippen LogP contribution in [0.25, 0.3) is 0 Å². The van der Waals surface area contributed by atoms with Crippen molar-refractivity contribution < 1.29 is 4.74 Å². The van der Waals surface area contributed by atoms with Crippen molar-refractivity contribution in [3.8, 4) is 0 Å². The summed E-state index contributed by atoms with van der Waals surface area (Å²) in [4.78, 5) is 4.31. The summed E-state index contributed by atoms with van der Waals surface area (Å²) in [6.07, 6.45) is 6.29. The van der Waals surface area contributed by atoms with Crippen molar-refractivity contribution in [2.24, 2.45) is 0 Å². The molecule has 0 aromatic carbocycles. The Morgan fingerprint density at radius 1 is 1.38 bits per heavy atom. The van der Waals surface area contributed by atoms with Gasteiger partial charge in [-0.3, -0.25) is 0 Å². The van der Waals surface area contributed by atoms with E-state index in [0.29, 0.717) is 0 Å². The lowest BCUT2D eigenvalue weighted by atomic mass is 10.4. The maximum atomic E-state index is 5.50. The molecular formula is C12H23N3O. The van der Waals surface area contributed by atoms with Crippen LogP contribution in [0.2, 0.25) is 0 Å². The van der Waals surface area contributed by atoms with Gasteiger partial charge in [-0.25, -0.2) is 4.98 Å². The first-order valence-electron chi connectivity index (χ1n) is 6.16. The first kappa shape index (κ1) is 13.2. The molecule has 1 heterocycles. The minimum Gasteiger partial charge on any atom is -0.380 e. The van der Waals surface area contributed by atoms with Crippen molar-refractivity contribution in [1.29, 1.82) is 0 Å². The summed E-state index contributed by atoms with van der Waals surface area (Å²) < 4.78 is 7.59. The van der Waals surface area contributed by atoms with Gasteiger partial charge < -0.3 is 14.6 Å². The molecule has 0 aliphatic rings. The summed E-state index contributed by atoms with van der Waals surface area (Å²) in [5.41, 5.74) is 1.09. The number of aromatic nitrogens is 2. The quantitative estimate of drug-likeness (QED) is 0.651. The average molecular weight is 225 g/mol. The van der Waals surface area contributed by atoms with E-state index >= 15 is 0 Å². The molecule has 4 nitrogen and oxygen atoms in total. The van der Waals surface area contributed by atoms with Gasteiger partial charge in [-0.15, -0.1) is 0 Å². The number of ether oxygens (including phenoxy) is 1. The summed E-state index contributed by atoms with van der Waals surface area (Å²) in [5.74, 6) is 0. The first-order chi connectivity index (χ1) is 7.86. The molecule has 16 heavy (non-hydrogen) atoms. The largest absolute Gasteiger partial charge is 0.380 e. The predicted molar refractivity (Wildman–Crippen MR) is 65.3 cm³/mol. The lowest BCUT2D eigenvalue weighted by molar-refractivity contribution is 0.123. The molecule has 1 rings (SSSR count). The number of nitrogens with one attached hydrogen (secondary N) is 1. The van der Waals surface area contributed by atoms with Crippen molar-refractivity contribution in [2.45, 2.75) is 39.8 Å². The summed E-state index contributed by atoms with van der Waals surface area (Å²) in [5, 5.41) is 3.25. The first-order valence-corrected chi connectivity index (χ1v) is 6.16. The fraction of sp³-hybridized carbons (Fsp3) is 0.750. The number of hydrogen-bond donors (Lipinski definition) is 1. The van der Waals surface area contributed by atoms with Crippen molar-refractivity contribution in [1.82, 2.24) is 14.9 Å². The van der Waals surface area contributed by atoms with E-state index in [1.54, 1.807) is 0 Å². The van der Waals surface area contributed by atoms with E-state index < -0.39 is 0 Å². The highest BCUT2D eigenvalue weighted by Crippen LogP contribution is 1.96. The zero-order valence-electron chi connectivity index (χ0n) is 10.4. The maximum Gasteiger partial charge on any atom is 0.0950 e. The zero-order valence-corrected chi connectivity index (χ0v) is 10.4. The highest BCUT2D eigenvalue weighted by molar-refractivity contribution is 4.95. The van der Waals surface area contributed by atoms with Crippen molar-refractivity contribution in [2.75, 3.05) is 19.8 Å². The van der Waals surface area contributed by atoms with Crippen molar-refractivity contribution in [3.05, 3.63) is 18.2 Å². The Morgan fingerprint density at radius 2 is 2.25 bits per heavy atom. The van der Waals surface area contributed by atoms with E-state index in [2.05, 4.69) is 34.9 Å². The van der Waals surface area contributed by atoms with Crippen LogP contribution in [0.1, 0.15) is 32.4 Å². The van der Waals surface area contributed by atoms with Crippen LogP contribution in [-0.4, -0.2) is 29.3 Å². The van der Waals surface area contributed by atoms with Crippen LogP contribution in [0, 0.1) is 0 Å². The summed E-state index contributed by atoms with van der Waals surface area (Å²) in [6, 6.07) is 0. The van der Waals surface area contributed by atoms with Gasteiger partial charge in [0.05, 0.1) is 18.6 Å². The van der Waals surface area contributed by atoms with Gasteiger partial charge in [0.25, 0.3) is 0 Å². The Morgan fingerprint density at radius 3 is 3.00 bits per heavy atom. The highest BCUT2D eigenvalue weighted by Gasteiger charge is 1.97. The van der Waals surface area contributed by atoms with Crippen molar-refractivity contribution in [3.63, 3.8) is 0 Å². The van der Waals surface area contributed by atoms with Gasteiger partial charge in [0.15, 0.2) is 0 Å². The Hall–Kier alpha value is -0.870. The smallest absolute Gasteiger partial charge is 0.0950 e. The van der Waals surface area contributed by atoms with E-state index in [1.165, 1.54) is 6.42 Å². The Labute approximate surface area is 98.0 Å². The molecule has 0 radical (unpaired) electrons. The molecule has 0 aliphatic carbocycles. The molecule has 92 valence electrons. The molecule has 0 aliphatic heterocycles.